The van der Waals surface area contributed by atoms with Gasteiger partial charge < -0.3 is 5.32 Å². The molecule has 120 valence electrons. The van der Waals surface area contributed by atoms with Gasteiger partial charge in [-0.25, -0.2) is 0 Å². The standard InChI is InChI=1S/C20H35N/c1-7-16-13-17(8-2)20(18(9-3)14-16)19(21-10-4)12-11-15(5)6/h13-15,19,21H,7-12H2,1-6H3. The first-order valence-electron chi connectivity index (χ1n) is 8.95. The Balaban J connectivity index is 3.20. The molecule has 1 rings (SSSR count). The maximum absolute atomic E-state index is 3.74. The second-order valence-electron chi connectivity index (χ2n) is 6.47. The van der Waals surface area contributed by atoms with Crippen LogP contribution in [0.3, 0.4) is 0 Å². The predicted octanol–water partition coefficient (Wildman–Crippen LogP) is 5.46. The number of rotatable bonds is 9. The lowest BCUT2D eigenvalue weighted by atomic mass is 9.86. The van der Waals surface area contributed by atoms with E-state index in [2.05, 4.69) is 59.0 Å². The zero-order chi connectivity index (χ0) is 15.8. The summed E-state index contributed by atoms with van der Waals surface area (Å²) < 4.78 is 0. The molecule has 0 aromatic heterocycles. The summed E-state index contributed by atoms with van der Waals surface area (Å²) in [6, 6.07) is 5.40. The summed E-state index contributed by atoms with van der Waals surface area (Å²) in [6.45, 7) is 14.8. The number of aryl methyl sites for hydroxylation is 3. The molecule has 0 saturated heterocycles. The van der Waals surface area contributed by atoms with Crippen molar-refractivity contribution < 1.29 is 0 Å². The summed E-state index contributed by atoms with van der Waals surface area (Å²) >= 11 is 0. The van der Waals surface area contributed by atoms with Crippen molar-refractivity contribution in [2.45, 2.75) is 79.7 Å². The molecule has 1 nitrogen and oxygen atoms in total. The molecule has 1 atom stereocenters. The smallest absolute Gasteiger partial charge is 0.0325 e. The van der Waals surface area contributed by atoms with Crippen molar-refractivity contribution in [2.75, 3.05) is 6.54 Å². The molecule has 0 aliphatic carbocycles. The van der Waals surface area contributed by atoms with E-state index in [9.17, 15) is 0 Å². The summed E-state index contributed by atoms with van der Waals surface area (Å²) in [5, 5.41) is 3.74. The molecule has 0 radical (unpaired) electrons. The van der Waals surface area contributed by atoms with Crippen molar-refractivity contribution in [1.82, 2.24) is 5.32 Å². The zero-order valence-corrected chi connectivity index (χ0v) is 15.1. The fourth-order valence-corrected chi connectivity index (χ4v) is 3.18. The lowest BCUT2D eigenvalue weighted by Crippen LogP contribution is -2.24. The molecule has 1 aromatic carbocycles. The lowest BCUT2D eigenvalue weighted by molar-refractivity contribution is 0.444. The molecule has 0 aliphatic rings. The molecule has 0 saturated carbocycles. The van der Waals surface area contributed by atoms with Crippen molar-refractivity contribution in [3.63, 3.8) is 0 Å². The first kappa shape index (κ1) is 18.2. The maximum atomic E-state index is 3.74. The van der Waals surface area contributed by atoms with Crippen molar-refractivity contribution >= 4 is 0 Å². The highest BCUT2D eigenvalue weighted by atomic mass is 14.9. The summed E-state index contributed by atoms with van der Waals surface area (Å²) in [5.41, 5.74) is 6.20. The Labute approximate surface area is 132 Å². The van der Waals surface area contributed by atoms with E-state index < -0.39 is 0 Å². The van der Waals surface area contributed by atoms with Gasteiger partial charge in [0, 0.05) is 6.04 Å². The average molecular weight is 290 g/mol. The highest BCUT2D eigenvalue weighted by Crippen LogP contribution is 2.30. The van der Waals surface area contributed by atoms with Crippen LogP contribution in [-0.2, 0) is 19.3 Å². The van der Waals surface area contributed by atoms with Crippen LogP contribution in [0.2, 0.25) is 0 Å². The summed E-state index contributed by atoms with van der Waals surface area (Å²) in [4.78, 5) is 0. The highest BCUT2D eigenvalue weighted by molar-refractivity contribution is 5.42. The fourth-order valence-electron chi connectivity index (χ4n) is 3.18. The predicted molar refractivity (Wildman–Crippen MR) is 95.1 cm³/mol. The molecular formula is C20H35N. The van der Waals surface area contributed by atoms with E-state index in [-0.39, 0.29) is 0 Å². The first-order valence-corrected chi connectivity index (χ1v) is 8.95. The quantitative estimate of drug-likeness (QED) is 0.636. The molecule has 0 spiro atoms. The molecule has 21 heavy (non-hydrogen) atoms. The van der Waals surface area contributed by atoms with E-state index in [1.807, 2.05) is 0 Å². The van der Waals surface area contributed by atoms with E-state index in [1.165, 1.54) is 18.4 Å². The van der Waals surface area contributed by atoms with Crippen LogP contribution in [0.4, 0.5) is 0 Å². The fraction of sp³-hybridized carbons (Fsp3) is 0.700. The van der Waals surface area contributed by atoms with E-state index in [4.69, 9.17) is 0 Å². The number of benzene rings is 1. The normalized spacial score (nSPS) is 12.9. The first-order chi connectivity index (χ1) is 10.1. The molecule has 1 aromatic rings. The number of hydrogen-bond acceptors (Lipinski definition) is 1. The van der Waals surface area contributed by atoms with Crippen LogP contribution in [0.1, 0.15) is 82.7 Å². The molecule has 0 amide bonds. The largest absolute Gasteiger partial charge is 0.310 e. The van der Waals surface area contributed by atoms with Gasteiger partial charge in [-0.05, 0) is 66.8 Å². The van der Waals surface area contributed by atoms with Crippen LogP contribution in [0.5, 0.6) is 0 Å². The van der Waals surface area contributed by atoms with Crippen LogP contribution < -0.4 is 5.32 Å². The Hall–Kier alpha value is -0.820. The molecular weight excluding hydrogens is 254 g/mol. The minimum Gasteiger partial charge on any atom is -0.310 e. The van der Waals surface area contributed by atoms with E-state index >= 15 is 0 Å². The van der Waals surface area contributed by atoms with Gasteiger partial charge in [-0.2, -0.15) is 0 Å². The Morgan fingerprint density at radius 2 is 1.43 bits per heavy atom. The monoisotopic (exact) mass is 289 g/mol. The van der Waals surface area contributed by atoms with Crippen LogP contribution in [0.25, 0.3) is 0 Å². The van der Waals surface area contributed by atoms with Crippen molar-refractivity contribution in [2.24, 2.45) is 5.92 Å². The van der Waals surface area contributed by atoms with Gasteiger partial charge >= 0.3 is 0 Å². The van der Waals surface area contributed by atoms with Crippen LogP contribution >= 0.6 is 0 Å². The SMILES string of the molecule is CCNC(CCC(C)C)c1c(CC)cc(CC)cc1CC. The third-order valence-electron chi connectivity index (χ3n) is 4.41. The van der Waals surface area contributed by atoms with Gasteiger partial charge in [0.2, 0.25) is 0 Å². The van der Waals surface area contributed by atoms with Crippen molar-refractivity contribution in [1.29, 1.82) is 0 Å². The second-order valence-corrected chi connectivity index (χ2v) is 6.47. The molecule has 1 N–H and O–H groups in total. The summed E-state index contributed by atoms with van der Waals surface area (Å²) in [5.74, 6) is 0.774. The molecule has 0 aliphatic heterocycles. The molecule has 0 fully saturated rings. The average Bonchev–Trinajstić information content (AvgIpc) is 2.49. The Kier molecular flexibility index (Phi) is 8.03. The van der Waals surface area contributed by atoms with Gasteiger partial charge in [0.05, 0.1) is 0 Å². The van der Waals surface area contributed by atoms with E-state index in [1.54, 1.807) is 16.7 Å². The minimum absolute atomic E-state index is 0.521. The van der Waals surface area contributed by atoms with Crippen molar-refractivity contribution in [3.05, 3.63) is 34.4 Å². The van der Waals surface area contributed by atoms with Gasteiger partial charge in [0.25, 0.3) is 0 Å². The van der Waals surface area contributed by atoms with Gasteiger partial charge in [-0.15, -0.1) is 0 Å². The zero-order valence-electron chi connectivity index (χ0n) is 15.1. The third-order valence-corrected chi connectivity index (χ3v) is 4.41. The Bertz CT molecular complexity index is 395. The van der Waals surface area contributed by atoms with Crippen LogP contribution in [0.15, 0.2) is 12.1 Å². The Morgan fingerprint density at radius 1 is 0.857 bits per heavy atom. The van der Waals surface area contributed by atoms with Crippen LogP contribution in [-0.4, -0.2) is 6.54 Å². The Morgan fingerprint density at radius 3 is 1.81 bits per heavy atom. The third kappa shape index (κ3) is 5.14. The van der Waals surface area contributed by atoms with Gasteiger partial charge in [-0.3, -0.25) is 0 Å². The number of nitrogens with one attached hydrogen (secondary N) is 1. The van der Waals surface area contributed by atoms with Gasteiger partial charge in [0.1, 0.15) is 0 Å². The topological polar surface area (TPSA) is 12.0 Å². The lowest BCUT2D eigenvalue weighted by Gasteiger charge is -2.26. The summed E-state index contributed by atoms with van der Waals surface area (Å²) in [7, 11) is 0. The highest BCUT2D eigenvalue weighted by Gasteiger charge is 2.18. The van der Waals surface area contributed by atoms with E-state index in [0.29, 0.717) is 6.04 Å². The molecule has 1 heteroatoms. The molecule has 0 heterocycles. The second kappa shape index (κ2) is 9.25. The van der Waals surface area contributed by atoms with Gasteiger partial charge in [0.15, 0.2) is 0 Å². The maximum Gasteiger partial charge on any atom is 0.0325 e. The van der Waals surface area contributed by atoms with E-state index in [0.717, 1.165) is 31.7 Å². The van der Waals surface area contributed by atoms with Crippen molar-refractivity contribution in [3.8, 4) is 0 Å². The number of hydrogen-bond donors (Lipinski definition) is 1. The molecule has 1 unspecified atom stereocenters. The molecule has 0 bridgehead atoms. The minimum atomic E-state index is 0.521. The van der Waals surface area contributed by atoms with Gasteiger partial charge in [-0.1, -0.05) is 53.7 Å². The summed E-state index contributed by atoms with van der Waals surface area (Å²) in [6.07, 6.45) is 5.95. The van der Waals surface area contributed by atoms with Crippen LogP contribution in [0, 0.1) is 5.92 Å².